The number of carbonyl (C=O) groups excluding carboxylic acids is 3. The van der Waals surface area contributed by atoms with Crippen LogP contribution in [0.1, 0.15) is 38.1 Å². The molecule has 0 aliphatic rings. The Morgan fingerprint density at radius 3 is 2.00 bits per heavy atom. The van der Waals surface area contributed by atoms with Gasteiger partial charge in [-0.1, -0.05) is 13.8 Å². The number of hydrogen-bond acceptors (Lipinski definition) is 5. The topological polar surface area (TPSA) is 81.7 Å². The summed E-state index contributed by atoms with van der Waals surface area (Å²) >= 11 is 0. The van der Waals surface area contributed by atoms with Crippen molar-refractivity contribution in [2.24, 2.45) is 5.92 Å². The minimum Gasteiger partial charge on any atom is -0.479 e. The molecule has 2 atom stereocenters. The summed E-state index contributed by atoms with van der Waals surface area (Å²) in [5.41, 5.74) is 0.922. The van der Waals surface area contributed by atoms with Crippen molar-refractivity contribution >= 4 is 23.3 Å². The van der Waals surface area contributed by atoms with Gasteiger partial charge in [-0.25, -0.2) is 9.18 Å². The Kier molecular flexibility index (Phi) is 7.47. The number of nitrogens with one attached hydrogen (secondary N) is 1. The first kappa shape index (κ1) is 22.1. The van der Waals surface area contributed by atoms with Crippen LogP contribution < -0.4 is 10.1 Å². The molecule has 7 heteroatoms. The van der Waals surface area contributed by atoms with Gasteiger partial charge in [0.05, 0.1) is 0 Å². The highest BCUT2D eigenvalue weighted by Crippen LogP contribution is 2.16. The van der Waals surface area contributed by atoms with E-state index >= 15 is 0 Å². The third kappa shape index (κ3) is 6.41. The molecule has 0 fully saturated rings. The van der Waals surface area contributed by atoms with Crippen molar-refractivity contribution < 1.29 is 28.2 Å². The van der Waals surface area contributed by atoms with Crippen LogP contribution in [-0.4, -0.2) is 29.9 Å². The number of carbonyl (C=O) groups is 3. The number of anilines is 1. The van der Waals surface area contributed by atoms with E-state index in [0.29, 0.717) is 17.0 Å². The zero-order valence-corrected chi connectivity index (χ0v) is 16.8. The normalized spacial score (nSPS) is 12.8. The van der Waals surface area contributed by atoms with Gasteiger partial charge in [0.15, 0.2) is 12.2 Å². The number of amides is 1. The number of Topliss-reactive ketones (excluding diaryl/α,β-unsaturated/α-hetero) is 1. The van der Waals surface area contributed by atoms with Gasteiger partial charge in [0.2, 0.25) is 11.7 Å². The molecule has 6 nitrogen and oxygen atoms in total. The van der Waals surface area contributed by atoms with Crippen molar-refractivity contribution in [2.45, 2.75) is 39.9 Å². The summed E-state index contributed by atoms with van der Waals surface area (Å²) in [5.74, 6) is -1.48. The molecule has 2 aromatic rings. The zero-order valence-electron chi connectivity index (χ0n) is 16.8. The van der Waals surface area contributed by atoms with Gasteiger partial charge in [-0.05, 0) is 62.4 Å². The minimum atomic E-state index is -1.02. The van der Waals surface area contributed by atoms with Crippen molar-refractivity contribution in [1.82, 2.24) is 0 Å². The second-order valence-corrected chi connectivity index (χ2v) is 6.88. The summed E-state index contributed by atoms with van der Waals surface area (Å²) in [6.45, 7) is 6.52. The van der Waals surface area contributed by atoms with Gasteiger partial charge in [0.1, 0.15) is 11.6 Å². The number of rotatable bonds is 8. The second-order valence-electron chi connectivity index (χ2n) is 6.88. The third-order valence-corrected chi connectivity index (χ3v) is 4.08. The highest BCUT2D eigenvalue weighted by atomic mass is 19.1. The smallest absolute Gasteiger partial charge is 0.347 e. The minimum absolute atomic E-state index is 0.124. The highest BCUT2D eigenvalue weighted by Gasteiger charge is 2.24. The van der Waals surface area contributed by atoms with E-state index in [9.17, 15) is 18.8 Å². The molecule has 0 heterocycles. The van der Waals surface area contributed by atoms with Gasteiger partial charge >= 0.3 is 5.97 Å². The highest BCUT2D eigenvalue weighted by molar-refractivity contribution is 6.01. The molecule has 0 aliphatic carbocycles. The van der Waals surface area contributed by atoms with Crippen molar-refractivity contribution in [3.63, 3.8) is 0 Å². The summed E-state index contributed by atoms with van der Waals surface area (Å²) < 4.78 is 23.5. The average molecular weight is 401 g/mol. The molecular formula is C22H24FNO5. The SMILES string of the molecule is CC(C)C(=O)Nc1ccc(C(=O)[C@@H](C)OC(=O)[C@@H](C)Oc2ccc(F)cc2)cc1. The molecule has 0 unspecified atom stereocenters. The maximum absolute atomic E-state index is 12.9. The predicted octanol–water partition coefficient (Wildman–Crippen LogP) is 4.00. The van der Waals surface area contributed by atoms with Crippen LogP contribution in [0.3, 0.4) is 0 Å². The molecule has 2 aromatic carbocycles. The molecule has 0 saturated heterocycles. The molecule has 0 bridgehead atoms. The Labute approximate surface area is 169 Å². The number of ether oxygens (including phenoxy) is 2. The fraction of sp³-hybridized carbons (Fsp3) is 0.318. The van der Waals surface area contributed by atoms with Crippen LogP contribution in [0.5, 0.6) is 5.75 Å². The third-order valence-electron chi connectivity index (χ3n) is 4.08. The van der Waals surface area contributed by atoms with Gasteiger partial charge in [0.25, 0.3) is 0 Å². The molecule has 0 radical (unpaired) electrons. The van der Waals surface area contributed by atoms with E-state index in [-0.39, 0.29) is 17.6 Å². The van der Waals surface area contributed by atoms with Crippen molar-refractivity contribution in [2.75, 3.05) is 5.32 Å². The average Bonchev–Trinajstić information content (AvgIpc) is 2.69. The maximum atomic E-state index is 12.9. The Morgan fingerprint density at radius 1 is 0.862 bits per heavy atom. The van der Waals surface area contributed by atoms with Crippen molar-refractivity contribution in [3.8, 4) is 5.75 Å². The largest absolute Gasteiger partial charge is 0.479 e. The van der Waals surface area contributed by atoms with Crippen LogP contribution in [0.15, 0.2) is 48.5 Å². The summed E-state index contributed by atoms with van der Waals surface area (Å²) in [7, 11) is 0. The van der Waals surface area contributed by atoms with E-state index in [4.69, 9.17) is 9.47 Å². The summed E-state index contributed by atoms with van der Waals surface area (Å²) in [6.07, 6.45) is -1.98. The fourth-order valence-corrected chi connectivity index (χ4v) is 2.33. The Hall–Kier alpha value is -3.22. The number of esters is 1. The monoisotopic (exact) mass is 401 g/mol. The summed E-state index contributed by atoms with van der Waals surface area (Å²) in [6, 6.07) is 11.6. The Bertz CT molecular complexity index is 862. The molecule has 0 aliphatic heterocycles. The van der Waals surface area contributed by atoms with E-state index in [1.807, 2.05) is 0 Å². The number of ketones is 1. The van der Waals surface area contributed by atoms with Crippen LogP contribution in [-0.2, 0) is 14.3 Å². The molecule has 2 rings (SSSR count). The lowest BCUT2D eigenvalue weighted by Crippen LogP contribution is -2.32. The van der Waals surface area contributed by atoms with Crippen LogP contribution in [0.25, 0.3) is 0 Å². The van der Waals surface area contributed by atoms with E-state index in [2.05, 4.69) is 5.32 Å². The lowest BCUT2D eigenvalue weighted by Gasteiger charge is -2.17. The van der Waals surface area contributed by atoms with E-state index in [1.165, 1.54) is 38.1 Å². The molecule has 1 N–H and O–H groups in total. The number of benzene rings is 2. The molecule has 29 heavy (non-hydrogen) atoms. The van der Waals surface area contributed by atoms with Gasteiger partial charge in [-0.3, -0.25) is 9.59 Å². The first-order valence-electron chi connectivity index (χ1n) is 9.25. The molecular weight excluding hydrogens is 377 g/mol. The molecule has 0 saturated carbocycles. The molecule has 1 amide bonds. The predicted molar refractivity (Wildman–Crippen MR) is 106 cm³/mol. The molecule has 154 valence electrons. The van der Waals surface area contributed by atoms with E-state index in [1.54, 1.807) is 38.1 Å². The van der Waals surface area contributed by atoms with Crippen LogP contribution >= 0.6 is 0 Å². The fourth-order valence-electron chi connectivity index (χ4n) is 2.33. The standard InChI is InChI=1S/C22H24FNO5/c1-13(2)21(26)24-18-9-5-16(6-10-18)20(25)14(3)29-22(27)15(4)28-19-11-7-17(23)8-12-19/h5-15H,1-4H3,(H,24,26)/t14-,15-/m1/s1. The molecule has 0 spiro atoms. The lowest BCUT2D eigenvalue weighted by molar-refractivity contribution is -0.153. The van der Waals surface area contributed by atoms with Gasteiger partial charge in [0, 0.05) is 17.2 Å². The number of hydrogen-bond donors (Lipinski definition) is 1. The molecule has 0 aromatic heterocycles. The van der Waals surface area contributed by atoms with Gasteiger partial charge in [-0.15, -0.1) is 0 Å². The van der Waals surface area contributed by atoms with E-state index in [0.717, 1.165) is 0 Å². The van der Waals surface area contributed by atoms with Crippen molar-refractivity contribution in [1.29, 1.82) is 0 Å². The second kappa shape index (κ2) is 9.82. The summed E-state index contributed by atoms with van der Waals surface area (Å²) in [4.78, 5) is 36.4. The lowest BCUT2D eigenvalue weighted by atomic mass is 10.1. The quantitative estimate of drug-likeness (QED) is 0.534. The Balaban J connectivity index is 1.92. The van der Waals surface area contributed by atoms with Crippen molar-refractivity contribution in [3.05, 3.63) is 59.9 Å². The number of halogens is 1. The first-order chi connectivity index (χ1) is 13.7. The summed E-state index contributed by atoms with van der Waals surface area (Å²) in [5, 5.41) is 2.73. The maximum Gasteiger partial charge on any atom is 0.347 e. The van der Waals surface area contributed by atoms with E-state index < -0.39 is 24.0 Å². The van der Waals surface area contributed by atoms with Crippen LogP contribution in [0.2, 0.25) is 0 Å². The zero-order chi connectivity index (χ0) is 21.6. The first-order valence-corrected chi connectivity index (χ1v) is 9.25. The van der Waals surface area contributed by atoms with Crippen LogP contribution in [0, 0.1) is 11.7 Å². The van der Waals surface area contributed by atoms with Crippen LogP contribution in [0.4, 0.5) is 10.1 Å². The Morgan fingerprint density at radius 2 is 1.45 bits per heavy atom. The van der Waals surface area contributed by atoms with Gasteiger partial charge in [-0.2, -0.15) is 0 Å². The van der Waals surface area contributed by atoms with Gasteiger partial charge < -0.3 is 14.8 Å².